The standard InChI is InChI=1S/C9H17N.CH5N/c1-5-7-8-10(4)9(3)6-2;1-2/h7-8H,3,5-6H2,1-2,4H3;2H2,1H3/b8-7-;. The molecular weight excluding hydrogens is 148 g/mol. The molecule has 2 nitrogen and oxygen atoms in total. The topological polar surface area (TPSA) is 29.3 Å². The van der Waals surface area contributed by atoms with Crippen LogP contribution in [0.4, 0.5) is 0 Å². The molecule has 0 amide bonds. The van der Waals surface area contributed by atoms with Gasteiger partial charge in [0.1, 0.15) is 0 Å². The quantitative estimate of drug-likeness (QED) is 0.701. The molecule has 0 aliphatic carbocycles. The minimum absolute atomic E-state index is 1.02. The van der Waals surface area contributed by atoms with Crippen molar-refractivity contribution in [2.24, 2.45) is 5.73 Å². The van der Waals surface area contributed by atoms with Crippen LogP contribution in [0, 0.1) is 0 Å². The van der Waals surface area contributed by atoms with E-state index < -0.39 is 0 Å². The highest BCUT2D eigenvalue weighted by Gasteiger charge is 1.91. The molecule has 72 valence electrons. The minimum Gasteiger partial charge on any atom is -0.355 e. The van der Waals surface area contributed by atoms with Gasteiger partial charge in [-0.1, -0.05) is 26.5 Å². The van der Waals surface area contributed by atoms with Crippen molar-refractivity contribution in [1.82, 2.24) is 4.90 Å². The fourth-order valence-electron chi connectivity index (χ4n) is 0.618. The van der Waals surface area contributed by atoms with Gasteiger partial charge in [0.15, 0.2) is 0 Å². The molecule has 12 heavy (non-hydrogen) atoms. The highest BCUT2D eigenvalue weighted by atomic mass is 15.1. The van der Waals surface area contributed by atoms with Crippen LogP contribution in [-0.4, -0.2) is 19.0 Å². The van der Waals surface area contributed by atoms with Crippen molar-refractivity contribution in [3.05, 3.63) is 24.6 Å². The molecule has 0 aliphatic rings. The highest BCUT2D eigenvalue weighted by Crippen LogP contribution is 2.02. The molecule has 0 bridgehead atoms. The normalized spacial score (nSPS) is 9.08. The molecule has 2 heteroatoms. The fraction of sp³-hybridized carbons (Fsp3) is 0.600. The molecule has 0 spiro atoms. The van der Waals surface area contributed by atoms with E-state index in [1.807, 2.05) is 7.05 Å². The zero-order valence-electron chi connectivity index (χ0n) is 8.80. The average Bonchev–Trinajstić information content (AvgIpc) is 2.16. The van der Waals surface area contributed by atoms with Gasteiger partial charge in [-0.15, -0.1) is 0 Å². The molecule has 0 saturated heterocycles. The first kappa shape index (κ1) is 13.8. The van der Waals surface area contributed by atoms with Crippen molar-refractivity contribution < 1.29 is 0 Å². The summed E-state index contributed by atoms with van der Waals surface area (Å²) >= 11 is 0. The summed E-state index contributed by atoms with van der Waals surface area (Å²) in [7, 11) is 3.53. The van der Waals surface area contributed by atoms with Crippen molar-refractivity contribution in [3.8, 4) is 0 Å². The molecule has 0 unspecified atom stereocenters. The lowest BCUT2D eigenvalue weighted by Crippen LogP contribution is -2.07. The number of nitrogens with two attached hydrogens (primary N) is 1. The summed E-state index contributed by atoms with van der Waals surface area (Å²) in [6.07, 6.45) is 6.29. The van der Waals surface area contributed by atoms with E-state index in [0.29, 0.717) is 0 Å². The summed E-state index contributed by atoms with van der Waals surface area (Å²) in [5, 5.41) is 0. The van der Waals surface area contributed by atoms with E-state index >= 15 is 0 Å². The molecule has 2 N–H and O–H groups in total. The van der Waals surface area contributed by atoms with Gasteiger partial charge in [-0.2, -0.15) is 0 Å². The molecule has 0 fully saturated rings. The van der Waals surface area contributed by atoms with Crippen LogP contribution >= 0.6 is 0 Å². The Morgan fingerprint density at radius 2 is 1.92 bits per heavy atom. The van der Waals surface area contributed by atoms with Crippen molar-refractivity contribution >= 4 is 0 Å². The molecule has 0 radical (unpaired) electrons. The molecule has 0 aromatic rings. The van der Waals surface area contributed by atoms with Crippen LogP contribution in [0.2, 0.25) is 0 Å². The Morgan fingerprint density at radius 3 is 2.25 bits per heavy atom. The first-order chi connectivity index (χ1) is 5.72. The van der Waals surface area contributed by atoms with E-state index in [9.17, 15) is 0 Å². The Labute approximate surface area is 76.8 Å². The van der Waals surface area contributed by atoms with Crippen LogP contribution in [0.1, 0.15) is 26.7 Å². The SMILES string of the molecule is C=C(CC)N(C)/C=C\CC.CN. The van der Waals surface area contributed by atoms with Gasteiger partial charge in [-0.05, 0) is 26.1 Å². The summed E-state index contributed by atoms with van der Waals surface area (Å²) in [6.45, 7) is 8.13. The monoisotopic (exact) mass is 170 g/mol. The Morgan fingerprint density at radius 1 is 1.42 bits per heavy atom. The Hall–Kier alpha value is -0.760. The second-order valence-corrected chi connectivity index (χ2v) is 2.32. The molecule has 0 rings (SSSR count). The fourth-order valence-corrected chi connectivity index (χ4v) is 0.618. The number of rotatable bonds is 4. The maximum absolute atomic E-state index is 4.50. The summed E-state index contributed by atoms with van der Waals surface area (Å²) < 4.78 is 0. The van der Waals surface area contributed by atoms with E-state index in [1.54, 1.807) is 0 Å². The zero-order valence-corrected chi connectivity index (χ0v) is 8.80. The van der Waals surface area contributed by atoms with Gasteiger partial charge in [0.25, 0.3) is 0 Å². The molecule has 0 saturated carbocycles. The van der Waals surface area contributed by atoms with Gasteiger partial charge in [0, 0.05) is 12.7 Å². The van der Waals surface area contributed by atoms with Gasteiger partial charge in [-0.3, -0.25) is 0 Å². The van der Waals surface area contributed by atoms with Crippen LogP contribution in [0.5, 0.6) is 0 Å². The summed E-state index contributed by atoms with van der Waals surface area (Å²) in [6, 6.07) is 0. The first-order valence-electron chi connectivity index (χ1n) is 4.37. The smallest absolute Gasteiger partial charge is 0.0108 e. The number of hydrogen-bond donors (Lipinski definition) is 1. The molecule has 0 aliphatic heterocycles. The third-order valence-electron chi connectivity index (χ3n) is 1.47. The lowest BCUT2D eigenvalue weighted by atomic mass is 10.3. The average molecular weight is 170 g/mol. The largest absolute Gasteiger partial charge is 0.355 e. The van der Waals surface area contributed by atoms with Gasteiger partial charge >= 0.3 is 0 Å². The van der Waals surface area contributed by atoms with Crippen molar-refractivity contribution in [2.45, 2.75) is 26.7 Å². The first-order valence-corrected chi connectivity index (χ1v) is 4.37. The van der Waals surface area contributed by atoms with E-state index in [4.69, 9.17) is 0 Å². The van der Waals surface area contributed by atoms with Crippen molar-refractivity contribution in [1.29, 1.82) is 0 Å². The van der Waals surface area contributed by atoms with E-state index in [1.165, 1.54) is 7.05 Å². The van der Waals surface area contributed by atoms with Crippen LogP contribution in [0.15, 0.2) is 24.6 Å². The maximum Gasteiger partial charge on any atom is 0.0108 e. The summed E-state index contributed by atoms with van der Waals surface area (Å²) in [4.78, 5) is 2.06. The van der Waals surface area contributed by atoms with E-state index in [2.05, 4.69) is 43.3 Å². The Bertz CT molecular complexity index is 128. The Kier molecular flexibility index (Phi) is 11.8. The lowest BCUT2D eigenvalue weighted by Gasteiger charge is -2.14. The van der Waals surface area contributed by atoms with Crippen LogP contribution in [0.25, 0.3) is 0 Å². The third-order valence-corrected chi connectivity index (χ3v) is 1.47. The molecule has 0 atom stereocenters. The van der Waals surface area contributed by atoms with Gasteiger partial charge in [0.2, 0.25) is 0 Å². The number of hydrogen-bond acceptors (Lipinski definition) is 2. The Balaban J connectivity index is 0. The number of nitrogens with zero attached hydrogens (tertiary/aromatic N) is 1. The van der Waals surface area contributed by atoms with Crippen molar-refractivity contribution in [2.75, 3.05) is 14.1 Å². The number of allylic oxidation sites excluding steroid dienone is 2. The highest BCUT2D eigenvalue weighted by molar-refractivity contribution is 4.97. The summed E-state index contributed by atoms with van der Waals surface area (Å²) in [5.41, 5.74) is 5.66. The van der Waals surface area contributed by atoms with Gasteiger partial charge in [-0.25, -0.2) is 0 Å². The maximum atomic E-state index is 4.50. The predicted molar refractivity (Wildman–Crippen MR) is 56.7 cm³/mol. The molecular formula is C10H22N2. The predicted octanol–water partition coefficient (Wildman–Crippen LogP) is 2.34. The second kappa shape index (κ2) is 10.2. The summed E-state index contributed by atoms with van der Waals surface area (Å²) in [5.74, 6) is 0. The van der Waals surface area contributed by atoms with Crippen LogP contribution in [-0.2, 0) is 0 Å². The van der Waals surface area contributed by atoms with Gasteiger partial charge < -0.3 is 10.6 Å². The van der Waals surface area contributed by atoms with Gasteiger partial charge in [0.05, 0.1) is 0 Å². The second-order valence-electron chi connectivity index (χ2n) is 2.32. The van der Waals surface area contributed by atoms with Crippen molar-refractivity contribution in [3.63, 3.8) is 0 Å². The molecule has 0 aromatic heterocycles. The molecule has 0 heterocycles. The van der Waals surface area contributed by atoms with Crippen LogP contribution in [0.3, 0.4) is 0 Å². The minimum atomic E-state index is 1.02. The zero-order chi connectivity index (χ0) is 9.98. The third kappa shape index (κ3) is 7.35. The van der Waals surface area contributed by atoms with Crippen LogP contribution < -0.4 is 5.73 Å². The van der Waals surface area contributed by atoms with E-state index in [-0.39, 0.29) is 0 Å². The molecule has 0 aromatic carbocycles. The van der Waals surface area contributed by atoms with E-state index in [0.717, 1.165) is 18.5 Å². The lowest BCUT2D eigenvalue weighted by molar-refractivity contribution is 0.548.